The summed E-state index contributed by atoms with van der Waals surface area (Å²) in [5.74, 6) is -0.332. The average molecular weight is 446 g/mol. The summed E-state index contributed by atoms with van der Waals surface area (Å²) in [6.07, 6.45) is 1.39. The standard InChI is InChI=1S/C20H23N5O3S2/c1-24-15-6-8-25(11-13(15)17(23-24)18(26)21-7-4-9-28-2)20(27)14-12-30-19(22-14)16-5-3-10-29-16/h3,5,10,12H,4,6-9,11H2,1-2H3,(H,21,26). The van der Waals surface area contributed by atoms with Crippen molar-refractivity contribution in [1.29, 1.82) is 0 Å². The Hall–Kier alpha value is -2.56. The molecule has 4 rings (SSSR count). The molecule has 8 nitrogen and oxygen atoms in total. The van der Waals surface area contributed by atoms with Crippen LogP contribution >= 0.6 is 22.7 Å². The number of thiazole rings is 1. The minimum Gasteiger partial charge on any atom is -0.385 e. The summed E-state index contributed by atoms with van der Waals surface area (Å²) >= 11 is 3.08. The van der Waals surface area contributed by atoms with Crippen molar-refractivity contribution in [2.75, 3.05) is 26.8 Å². The van der Waals surface area contributed by atoms with Gasteiger partial charge >= 0.3 is 0 Å². The Labute approximate surface area is 182 Å². The topological polar surface area (TPSA) is 89.4 Å². The van der Waals surface area contributed by atoms with E-state index in [9.17, 15) is 9.59 Å². The van der Waals surface area contributed by atoms with Crippen molar-refractivity contribution in [3.63, 3.8) is 0 Å². The Balaban J connectivity index is 1.49. The first-order valence-electron chi connectivity index (χ1n) is 9.69. The first kappa shape index (κ1) is 20.7. The van der Waals surface area contributed by atoms with E-state index in [4.69, 9.17) is 4.74 Å². The van der Waals surface area contributed by atoms with Gasteiger partial charge in [-0.25, -0.2) is 4.98 Å². The Bertz CT molecular complexity index is 1040. The monoisotopic (exact) mass is 445 g/mol. The molecule has 0 saturated carbocycles. The average Bonchev–Trinajstić information content (AvgIpc) is 3.50. The summed E-state index contributed by atoms with van der Waals surface area (Å²) in [6, 6.07) is 3.97. The van der Waals surface area contributed by atoms with E-state index in [0.717, 1.165) is 27.6 Å². The van der Waals surface area contributed by atoms with Crippen molar-refractivity contribution < 1.29 is 14.3 Å². The van der Waals surface area contributed by atoms with Crippen LogP contribution in [0.4, 0.5) is 0 Å². The summed E-state index contributed by atoms with van der Waals surface area (Å²) < 4.78 is 6.76. The normalized spacial score (nSPS) is 13.3. The molecule has 158 valence electrons. The van der Waals surface area contributed by atoms with Crippen molar-refractivity contribution in [3.8, 4) is 9.88 Å². The Kier molecular flexibility index (Phi) is 6.26. The van der Waals surface area contributed by atoms with Gasteiger partial charge in [-0.2, -0.15) is 5.10 Å². The molecule has 2 amide bonds. The summed E-state index contributed by atoms with van der Waals surface area (Å²) in [5.41, 5.74) is 2.65. The second-order valence-corrected chi connectivity index (χ2v) is 8.80. The first-order chi connectivity index (χ1) is 14.6. The van der Waals surface area contributed by atoms with E-state index >= 15 is 0 Å². The molecule has 0 aromatic carbocycles. The lowest BCUT2D eigenvalue weighted by Gasteiger charge is -2.27. The molecule has 0 unspecified atom stereocenters. The minimum atomic E-state index is -0.217. The molecule has 0 fully saturated rings. The van der Waals surface area contributed by atoms with Gasteiger partial charge in [0.25, 0.3) is 11.8 Å². The molecule has 30 heavy (non-hydrogen) atoms. The van der Waals surface area contributed by atoms with Crippen LogP contribution in [0.5, 0.6) is 0 Å². The van der Waals surface area contributed by atoms with Crippen LogP contribution in [0.15, 0.2) is 22.9 Å². The highest BCUT2D eigenvalue weighted by Gasteiger charge is 2.30. The number of nitrogens with one attached hydrogen (secondary N) is 1. The summed E-state index contributed by atoms with van der Waals surface area (Å²) in [6.45, 7) is 2.04. The SMILES string of the molecule is COCCCNC(=O)c1nn(C)c2c1CN(C(=O)c1csc(-c3cccs3)n1)CC2. The highest BCUT2D eigenvalue weighted by atomic mass is 32.1. The Morgan fingerprint density at radius 2 is 2.20 bits per heavy atom. The molecule has 3 aromatic heterocycles. The van der Waals surface area contributed by atoms with Crippen LogP contribution in [0, 0.1) is 0 Å². The predicted molar refractivity (Wildman–Crippen MR) is 116 cm³/mol. The van der Waals surface area contributed by atoms with Crippen LogP contribution in [-0.2, 0) is 24.8 Å². The maximum Gasteiger partial charge on any atom is 0.273 e. The Morgan fingerprint density at radius 1 is 1.33 bits per heavy atom. The number of carbonyl (C=O) groups is 2. The number of amides is 2. The van der Waals surface area contributed by atoms with Crippen molar-refractivity contribution in [2.45, 2.75) is 19.4 Å². The number of nitrogens with zero attached hydrogens (tertiary/aromatic N) is 4. The number of rotatable bonds is 7. The number of aryl methyl sites for hydroxylation is 1. The molecule has 10 heteroatoms. The predicted octanol–water partition coefficient (Wildman–Crippen LogP) is 2.57. The maximum atomic E-state index is 13.1. The fourth-order valence-electron chi connectivity index (χ4n) is 3.50. The summed E-state index contributed by atoms with van der Waals surface area (Å²) in [4.78, 5) is 33.0. The molecule has 0 aliphatic carbocycles. The smallest absolute Gasteiger partial charge is 0.273 e. The number of fused-ring (bicyclic) bond motifs is 1. The van der Waals surface area contributed by atoms with Gasteiger partial charge < -0.3 is 15.0 Å². The molecule has 0 saturated heterocycles. The molecule has 1 aliphatic rings. The van der Waals surface area contributed by atoms with Crippen LogP contribution in [-0.4, -0.2) is 58.3 Å². The van der Waals surface area contributed by atoms with Gasteiger partial charge in [-0.1, -0.05) is 6.07 Å². The number of methoxy groups -OCH3 is 1. The molecule has 0 atom stereocenters. The van der Waals surface area contributed by atoms with Gasteiger partial charge in [0.15, 0.2) is 5.69 Å². The highest BCUT2D eigenvalue weighted by Crippen LogP contribution is 2.29. The van der Waals surface area contributed by atoms with E-state index in [0.29, 0.717) is 44.0 Å². The Morgan fingerprint density at radius 3 is 2.97 bits per heavy atom. The molecule has 0 radical (unpaired) electrons. The molecule has 0 bridgehead atoms. The second kappa shape index (κ2) is 9.07. The molecule has 4 heterocycles. The summed E-state index contributed by atoms with van der Waals surface area (Å²) in [7, 11) is 3.47. The lowest BCUT2D eigenvalue weighted by atomic mass is 10.0. The van der Waals surface area contributed by atoms with E-state index in [-0.39, 0.29) is 11.8 Å². The van der Waals surface area contributed by atoms with Crippen LogP contribution in [0.25, 0.3) is 9.88 Å². The molecule has 1 aliphatic heterocycles. The third kappa shape index (κ3) is 4.16. The molecular formula is C20H23N5O3S2. The zero-order chi connectivity index (χ0) is 21.1. The quantitative estimate of drug-likeness (QED) is 0.565. The van der Waals surface area contributed by atoms with Crippen molar-refractivity contribution in [3.05, 3.63) is 45.5 Å². The van der Waals surface area contributed by atoms with Gasteiger partial charge in [0.1, 0.15) is 10.7 Å². The van der Waals surface area contributed by atoms with E-state index in [1.807, 2.05) is 24.6 Å². The third-order valence-corrected chi connectivity index (χ3v) is 6.89. The molecular weight excluding hydrogens is 422 g/mol. The number of ether oxygens (including phenoxy) is 1. The number of hydrogen-bond donors (Lipinski definition) is 1. The largest absolute Gasteiger partial charge is 0.385 e. The maximum absolute atomic E-state index is 13.1. The fourth-order valence-corrected chi connectivity index (χ4v) is 5.11. The zero-order valence-corrected chi connectivity index (χ0v) is 18.5. The highest BCUT2D eigenvalue weighted by molar-refractivity contribution is 7.20. The second-order valence-electron chi connectivity index (χ2n) is 6.99. The molecule has 0 spiro atoms. The van der Waals surface area contributed by atoms with Gasteiger partial charge in [0.05, 0.1) is 11.4 Å². The summed E-state index contributed by atoms with van der Waals surface area (Å²) in [5, 5.41) is 12.0. The number of carbonyl (C=O) groups excluding carboxylic acids is 2. The van der Waals surface area contributed by atoms with Gasteiger partial charge in [0.2, 0.25) is 0 Å². The molecule has 1 N–H and O–H groups in total. The lowest BCUT2D eigenvalue weighted by Crippen LogP contribution is -2.37. The van der Waals surface area contributed by atoms with E-state index in [2.05, 4.69) is 15.4 Å². The minimum absolute atomic E-state index is 0.116. The number of aromatic nitrogens is 3. The van der Waals surface area contributed by atoms with E-state index in [1.54, 1.807) is 33.4 Å². The third-order valence-electron chi connectivity index (χ3n) is 5.01. The van der Waals surface area contributed by atoms with Gasteiger partial charge in [0, 0.05) is 56.9 Å². The van der Waals surface area contributed by atoms with Crippen molar-refractivity contribution in [2.24, 2.45) is 7.05 Å². The van der Waals surface area contributed by atoms with Gasteiger partial charge in [-0.05, 0) is 17.9 Å². The fraction of sp³-hybridized carbons (Fsp3) is 0.400. The lowest BCUT2D eigenvalue weighted by molar-refractivity contribution is 0.0725. The van der Waals surface area contributed by atoms with Crippen LogP contribution in [0.1, 0.15) is 38.7 Å². The van der Waals surface area contributed by atoms with Crippen LogP contribution < -0.4 is 5.32 Å². The van der Waals surface area contributed by atoms with Crippen molar-refractivity contribution in [1.82, 2.24) is 25.0 Å². The zero-order valence-electron chi connectivity index (χ0n) is 16.9. The van der Waals surface area contributed by atoms with E-state index in [1.165, 1.54) is 11.3 Å². The van der Waals surface area contributed by atoms with Gasteiger partial charge in [-0.3, -0.25) is 14.3 Å². The molecule has 3 aromatic rings. The number of thiophene rings is 1. The van der Waals surface area contributed by atoms with Gasteiger partial charge in [-0.15, -0.1) is 22.7 Å². The van der Waals surface area contributed by atoms with E-state index < -0.39 is 0 Å². The first-order valence-corrected chi connectivity index (χ1v) is 11.4. The van der Waals surface area contributed by atoms with Crippen molar-refractivity contribution >= 4 is 34.5 Å². The van der Waals surface area contributed by atoms with Crippen LogP contribution in [0.3, 0.4) is 0 Å². The van der Waals surface area contributed by atoms with Crippen LogP contribution in [0.2, 0.25) is 0 Å². The number of hydrogen-bond acceptors (Lipinski definition) is 7.